The van der Waals surface area contributed by atoms with E-state index in [1.807, 2.05) is 0 Å². The summed E-state index contributed by atoms with van der Waals surface area (Å²) in [6.45, 7) is 11.3. The summed E-state index contributed by atoms with van der Waals surface area (Å²) in [6.07, 6.45) is 2.75. The van der Waals surface area contributed by atoms with Gasteiger partial charge in [-0.05, 0) is 46.6 Å². The van der Waals surface area contributed by atoms with Crippen LogP contribution in [0.5, 0.6) is 0 Å². The van der Waals surface area contributed by atoms with Crippen LogP contribution in [0, 0.1) is 5.92 Å². The smallest absolute Gasteiger partial charge is 0.0333 e. The van der Waals surface area contributed by atoms with Crippen LogP contribution in [0.3, 0.4) is 0 Å². The Bertz CT molecular complexity index is 260. The van der Waals surface area contributed by atoms with Crippen molar-refractivity contribution in [1.29, 1.82) is 0 Å². The van der Waals surface area contributed by atoms with Crippen LogP contribution < -0.4 is 5.73 Å². The molecule has 3 nitrogen and oxygen atoms in total. The Morgan fingerprint density at radius 2 is 1.94 bits per heavy atom. The largest absolute Gasteiger partial charge is 0.329 e. The molecule has 0 aromatic carbocycles. The topological polar surface area (TPSA) is 32.5 Å². The van der Waals surface area contributed by atoms with Gasteiger partial charge in [0.25, 0.3) is 0 Å². The highest BCUT2D eigenvalue weighted by molar-refractivity contribution is 5.04. The number of rotatable bonds is 3. The Balaban J connectivity index is 2.09. The summed E-state index contributed by atoms with van der Waals surface area (Å²) < 4.78 is 0. The molecule has 16 heavy (non-hydrogen) atoms. The minimum absolute atomic E-state index is 0.249. The average molecular weight is 225 g/mol. The zero-order valence-corrected chi connectivity index (χ0v) is 11.3. The summed E-state index contributed by atoms with van der Waals surface area (Å²) in [5.74, 6) is 0.844. The highest BCUT2D eigenvalue weighted by Gasteiger charge is 2.47. The first kappa shape index (κ1) is 12.3. The van der Waals surface area contributed by atoms with Gasteiger partial charge >= 0.3 is 0 Å². The van der Waals surface area contributed by atoms with E-state index in [0.717, 1.165) is 25.6 Å². The van der Waals surface area contributed by atoms with E-state index in [-0.39, 0.29) is 11.1 Å². The summed E-state index contributed by atoms with van der Waals surface area (Å²) in [7, 11) is 2.23. The molecule has 1 atom stereocenters. The van der Waals surface area contributed by atoms with Gasteiger partial charge in [-0.3, -0.25) is 9.80 Å². The first-order chi connectivity index (χ1) is 7.40. The van der Waals surface area contributed by atoms with Crippen molar-refractivity contribution in [3.63, 3.8) is 0 Å². The van der Waals surface area contributed by atoms with Gasteiger partial charge in [0.15, 0.2) is 0 Å². The highest BCUT2D eigenvalue weighted by atomic mass is 15.3. The molecule has 0 amide bonds. The molecule has 1 aliphatic carbocycles. The summed E-state index contributed by atoms with van der Waals surface area (Å²) in [4.78, 5) is 5.11. The summed E-state index contributed by atoms with van der Waals surface area (Å²) in [5, 5.41) is 0. The van der Waals surface area contributed by atoms with Gasteiger partial charge in [0.2, 0.25) is 0 Å². The Morgan fingerprint density at radius 3 is 2.38 bits per heavy atom. The van der Waals surface area contributed by atoms with Crippen molar-refractivity contribution in [2.24, 2.45) is 11.7 Å². The molecule has 0 aromatic rings. The molecular formula is C13H27N3. The van der Waals surface area contributed by atoms with Crippen molar-refractivity contribution in [3.05, 3.63) is 0 Å². The van der Waals surface area contributed by atoms with Crippen molar-refractivity contribution >= 4 is 0 Å². The van der Waals surface area contributed by atoms with Crippen LogP contribution in [0.2, 0.25) is 0 Å². The van der Waals surface area contributed by atoms with E-state index in [1.165, 1.54) is 19.4 Å². The molecule has 0 spiro atoms. The SMILES string of the molecule is CN1CCN(C(C)(CN)C2CC2)CC1(C)C. The van der Waals surface area contributed by atoms with Gasteiger partial charge in [0.05, 0.1) is 0 Å². The first-order valence-electron chi connectivity index (χ1n) is 6.56. The van der Waals surface area contributed by atoms with E-state index >= 15 is 0 Å². The van der Waals surface area contributed by atoms with Gasteiger partial charge in [-0.2, -0.15) is 0 Å². The van der Waals surface area contributed by atoms with Gasteiger partial charge in [-0.15, -0.1) is 0 Å². The fourth-order valence-electron chi connectivity index (χ4n) is 2.94. The lowest BCUT2D eigenvalue weighted by atomic mass is 9.89. The van der Waals surface area contributed by atoms with Crippen LogP contribution in [0.4, 0.5) is 0 Å². The molecule has 1 heterocycles. The molecule has 1 saturated heterocycles. The molecule has 2 N–H and O–H groups in total. The zero-order valence-electron chi connectivity index (χ0n) is 11.3. The lowest BCUT2D eigenvalue weighted by molar-refractivity contribution is -0.0237. The van der Waals surface area contributed by atoms with E-state index < -0.39 is 0 Å². The Labute approximate surface area is 100.0 Å². The summed E-state index contributed by atoms with van der Waals surface area (Å²) in [5.41, 5.74) is 6.58. The second kappa shape index (κ2) is 3.97. The van der Waals surface area contributed by atoms with Crippen molar-refractivity contribution in [2.45, 2.75) is 44.7 Å². The second-order valence-corrected chi connectivity index (χ2v) is 6.49. The predicted octanol–water partition coefficient (Wildman–Crippen LogP) is 1.14. The Morgan fingerprint density at radius 1 is 1.31 bits per heavy atom. The molecule has 1 unspecified atom stereocenters. The first-order valence-corrected chi connectivity index (χ1v) is 6.56. The van der Waals surface area contributed by atoms with Crippen molar-refractivity contribution in [3.8, 4) is 0 Å². The zero-order chi connectivity index (χ0) is 12.0. The molecule has 1 aliphatic heterocycles. The van der Waals surface area contributed by atoms with E-state index in [9.17, 15) is 0 Å². The van der Waals surface area contributed by atoms with Crippen LogP contribution in [-0.4, -0.2) is 54.1 Å². The molecule has 94 valence electrons. The van der Waals surface area contributed by atoms with Crippen LogP contribution in [0.1, 0.15) is 33.6 Å². The maximum Gasteiger partial charge on any atom is 0.0333 e. The van der Waals surface area contributed by atoms with Gasteiger partial charge < -0.3 is 5.73 Å². The summed E-state index contributed by atoms with van der Waals surface area (Å²) in [6, 6.07) is 0. The van der Waals surface area contributed by atoms with Crippen molar-refractivity contribution in [1.82, 2.24) is 9.80 Å². The standard InChI is InChI=1S/C13H27N3/c1-12(2)10-16(8-7-15(12)4)13(3,9-14)11-5-6-11/h11H,5-10,14H2,1-4H3. The van der Waals surface area contributed by atoms with Gasteiger partial charge in [0.1, 0.15) is 0 Å². The number of likely N-dealkylation sites (N-methyl/N-ethyl adjacent to an activating group) is 1. The van der Waals surface area contributed by atoms with Gasteiger partial charge in [-0.1, -0.05) is 0 Å². The molecule has 1 saturated carbocycles. The van der Waals surface area contributed by atoms with E-state index in [4.69, 9.17) is 5.73 Å². The minimum atomic E-state index is 0.249. The number of hydrogen-bond donors (Lipinski definition) is 1. The Kier molecular flexibility index (Phi) is 3.06. The Hall–Kier alpha value is -0.120. The molecule has 0 aromatic heterocycles. The van der Waals surface area contributed by atoms with Crippen LogP contribution in [0.15, 0.2) is 0 Å². The third-order valence-electron chi connectivity index (χ3n) is 4.91. The van der Waals surface area contributed by atoms with E-state index in [0.29, 0.717) is 0 Å². The number of piperazine rings is 1. The van der Waals surface area contributed by atoms with Crippen molar-refractivity contribution < 1.29 is 0 Å². The van der Waals surface area contributed by atoms with Crippen molar-refractivity contribution in [2.75, 3.05) is 33.2 Å². The highest BCUT2D eigenvalue weighted by Crippen LogP contribution is 2.43. The fourth-order valence-corrected chi connectivity index (χ4v) is 2.94. The molecule has 0 radical (unpaired) electrons. The third kappa shape index (κ3) is 2.01. The van der Waals surface area contributed by atoms with Crippen LogP contribution in [0.25, 0.3) is 0 Å². The van der Waals surface area contributed by atoms with E-state index in [1.54, 1.807) is 0 Å². The van der Waals surface area contributed by atoms with Crippen LogP contribution in [-0.2, 0) is 0 Å². The van der Waals surface area contributed by atoms with Gasteiger partial charge in [0, 0.05) is 37.3 Å². The average Bonchev–Trinajstić information content (AvgIpc) is 3.04. The molecule has 0 bridgehead atoms. The maximum absolute atomic E-state index is 6.05. The molecule has 2 rings (SSSR count). The maximum atomic E-state index is 6.05. The lowest BCUT2D eigenvalue weighted by Gasteiger charge is -2.52. The van der Waals surface area contributed by atoms with Gasteiger partial charge in [-0.25, -0.2) is 0 Å². The lowest BCUT2D eigenvalue weighted by Crippen LogP contribution is -2.65. The fraction of sp³-hybridized carbons (Fsp3) is 1.00. The monoisotopic (exact) mass is 225 g/mol. The minimum Gasteiger partial charge on any atom is -0.329 e. The summed E-state index contributed by atoms with van der Waals surface area (Å²) >= 11 is 0. The molecule has 2 fully saturated rings. The quantitative estimate of drug-likeness (QED) is 0.782. The molecule has 2 aliphatic rings. The molecular weight excluding hydrogens is 198 g/mol. The van der Waals surface area contributed by atoms with Crippen LogP contribution >= 0.6 is 0 Å². The number of hydrogen-bond acceptors (Lipinski definition) is 3. The third-order valence-corrected chi connectivity index (χ3v) is 4.91. The number of nitrogens with two attached hydrogens (primary N) is 1. The number of nitrogens with zero attached hydrogens (tertiary/aromatic N) is 2. The molecule has 3 heteroatoms. The predicted molar refractivity (Wildman–Crippen MR) is 68.5 cm³/mol. The second-order valence-electron chi connectivity index (χ2n) is 6.49. The van der Waals surface area contributed by atoms with E-state index in [2.05, 4.69) is 37.6 Å². The normalized spacial score (nSPS) is 31.3.